The Kier molecular flexibility index (Phi) is 6.57. The van der Waals surface area contributed by atoms with E-state index >= 15 is 0 Å². The van der Waals surface area contributed by atoms with Crippen LogP contribution in [0.1, 0.15) is 12.0 Å². The topological polar surface area (TPSA) is 54.0 Å². The predicted octanol–water partition coefficient (Wildman–Crippen LogP) is 3.41. The first-order chi connectivity index (χ1) is 11.8. The zero-order valence-corrected chi connectivity index (χ0v) is 15.0. The number of thioether (sulfide) groups is 2. The van der Waals surface area contributed by atoms with E-state index in [1.165, 1.54) is 10.5 Å². The molecule has 4 nitrogen and oxygen atoms in total. The van der Waals surface area contributed by atoms with Crippen molar-refractivity contribution >= 4 is 35.1 Å². The lowest BCUT2D eigenvalue weighted by Crippen LogP contribution is -2.39. The van der Waals surface area contributed by atoms with Crippen molar-refractivity contribution in [2.75, 3.05) is 23.4 Å². The SMILES string of the molecule is O=C(CC1CSCCN1)Nc1ccc(SCc2cccnc2)cc1. The van der Waals surface area contributed by atoms with Crippen molar-refractivity contribution in [1.29, 1.82) is 0 Å². The molecule has 1 aromatic heterocycles. The third-order valence-electron chi connectivity index (χ3n) is 3.70. The Balaban J connectivity index is 1.46. The van der Waals surface area contributed by atoms with Crippen LogP contribution in [0.15, 0.2) is 53.7 Å². The van der Waals surface area contributed by atoms with Gasteiger partial charge in [0.2, 0.25) is 5.91 Å². The first-order valence-electron chi connectivity index (χ1n) is 8.02. The van der Waals surface area contributed by atoms with Crippen LogP contribution in [-0.2, 0) is 10.5 Å². The van der Waals surface area contributed by atoms with Gasteiger partial charge in [0.05, 0.1) is 0 Å². The molecule has 126 valence electrons. The van der Waals surface area contributed by atoms with E-state index in [0.717, 1.165) is 29.5 Å². The molecule has 1 atom stereocenters. The second kappa shape index (κ2) is 9.11. The number of carbonyl (C=O) groups is 1. The van der Waals surface area contributed by atoms with Crippen LogP contribution in [0.5, 0.6) is 0 Å². The Morgan fingerprint density at radius 2 is 2.21 bits per heavy atom. The Morgan fingerprint density at radius 3 is 2.92 bits per heavy atom. The van der Waals surface area contributed by atoms with Gasteiger partial charge in [0.25, 0.3) is 0 Å². The minimum Gasteiger partial charge on any atom is -0.326 e. The van der Waals surface area contributed by atoms with Crippen molar-refractivity contribution < 1.29 is 4.79 Å². The van der Waals surface area contributed by atoms with E-state index in [0.29, 0.717) is 6.42 Å². The van der Waals surface area contributed by atoms with Gasteiger partial charge in [-0.05, 0) is 35.9 Å². The lowest BCUT2D eigenvalue weighted by Gasteiger charge is -2.22. The van der Waals surface area contributed by atoms with E-state index in [-0.39, 0.29) is 11.9 Å². The van der Waals surface area contributed by atoms with E-state index in [9.17, 15) is 4.79 Å². The lowest BCUT2D eigenvalue weighted by atomic mass is 10.2. The smallest absolute Gasteiger partial charge is 0.225 e. The van der Waals surface area contributed by atoms with Crippen molar-refractivity contribution in [2.24, 2.45) is 0 Å². The number of amides is 1. The summed E-state index contributed by atoms with van der Waals surface area (Å²) in [6, 6.07) is 12.3. The maximum Gasteiger partial charge on any atom is 0.225 e. The summed E-state index contributed by atoms with van der Waals surface area (Å²) in [5.41, 5.74) is 2.06. The highest BCUT2D eigenvalue weighted by Crippen LogP contribution is 2.24. The summed E-state index contributed by atoms with van der Waals surface area (Å²) in [6.45, 7) is 0.992. The summed E-state index contributed by atoms with van der Waals surface area (Å²) < 4.78 is 0. The zero-order valence-electron chi connectivity index (χ0n) is 13.4. The average molecular weight is 360 g/mol. The molecule has 0 saturated carbocycles. The summed E-state index contributed by atoms with van der Waals surface area (Å²) in [7, 11) is 0. The highest BCUT2D eigenvalue weighted by molar-refractivity contribution is 7.99. The lowest BCUT2D eigenvalue weighted by molar-refractivity contribution is -0.116. The predicted molar refractivity (Wildman–Crippen MR) is 103 cm³/mol. The third-order valence-corrected chi connectivity index (χ3v) is 5.91. The standard InChI is InChI=1S/C18H21N3OS2/c22-18(10-16-13-23-9-8-20-16)21-15-3-5-17(6-4-15)24-12-14-2-1-7-19-11-14/h1-7,11,16,20H,8-10,12-13H2,(H,21,22). The summed E-state index contributed by atoms with van der Waals surface area (Å²) in [4.78, 5) is 17.4. The van der Waals surface area contributed by atoms with Gasteiger partial charge in [0, 0.05) is 59.2 Å². The number of anilines is 1. The fourth-order valence-corrected chi connectivity index (χ4v) is 4.25. The first-order valence-corrected chi connectivity index (χ1v) is 10.2. The van der Waals surface area contributed by atoms with Gasteiger partial charge in [-0.2, -0.15) is 11.8 Å². The highest BCUT2D eigenvalue weighted by Gasteiger charge is 2.16. The minimum atomic E-state index is 0.0748. The van der Waals surface area contributed by atoms with Gasteiger partial charge < -0.3 is 10.6 Å². The van der Waals surface area contributed by atoms with Crippen LogP contribution in [0.2, 0.25) is 0 Å². The molecule has 1 aliphatic heterocycles. The third kappa shape index (κ3) is 5.54. The molecule has 1 saturated heterocycles. The molecule has 6 heteroatoms. The largest absolute Gasteiger partial charge is 0.326 e. The zero-order chi connectivity index (χ0) is 16.6. The molecule has 1 fully saturated rings. The molecule has 2 N–H and O–H groups in total. The van der Waals surface area contributed by atoms with E-state index in [2.05, 4.69) is 21.7 Å². The van der Waals surface area contributed by atoms with Gasteiger partial charge in [-0.25, -0.2) is 0 Å². The molecule has 2 heterocycles. The second-order valence-electron chi connectivity index (χ2n) is 5.65. The number of carbonyl (C=O) groups excluding carboxylic acids is 1. The van der Waals surface area contributed by atoms with Crippen LogP contribution >= 0.6 is 23.5 Å². The molecule has 1 unspecified atom stereocenters. The van der Waals surface area contributed by atoms with Gasteiger partial charge in [-0.15, -0.1) is 11.8 Å². The van der Waals surface area contributed by atoms with Crippen molar-refractivity contribution in [3.05, 3.63) is 54.4 Å². The molecule has 24 heavy (non-hydrogen) atoms. The number of nitrogens with one attached hydrogen (secondary N) is 2. The second-order valence-corrected chi connectivity index (χ2v) is 7.85. The summed E-state index contributed by atoms with van der Waals surface area (Å²) in [5.74, 6) is 3.11. The van der Waals surface area contributed by atoms with Crippen molar-refractivity contribution in [2.45, 2.75) is 23.1 Å². The van der Waals surface area contributed by atoms with Crippen LogP contribution in [0.4, 0.5) is 5.69 Å². The number of benzene rings is 1. The number of hydrogen-bond donors (Lipinski definition) is 2. The Labute approximate surface area is 151 Å². The summed E-state index contributed by atoms with van der Waals surface area (Å²) in [6.07, 6.45) is 4.21. The Bertz CT molecular complexity index is 643. The van der Waals surface area contributed by atoms with E-state index in [1.54, 1.807) is 18.0 Å². The van der Waals surface area contributed by atoms with Crippen molar-refractivity contribution in [3.8, 4) is 0 Å². The van der Waals surface area contributed by atoms with Gasteiger partial charge in [0.1, 0.15) is 0 Å². The summed E-state index contributed by atoms with van der Waals surface area (Å²) in [5, 5.41) is 6.37. The highest BCUT2D eigenvalue weighted by atomic mass is 32.2. The molecule has 0 bridgehead atoms. The van der Waals surface area contributed by atoms with E-state index in [4.69, 9.17) is 0 Å². The fourth-order valence-electron chi connectivity index (χ4n) is 2.47. The average Bonchev–Trinajstić information content (AvgIpc) is 2.63. The van der Waals surface area contributed by atoms with Crippen LogP contribution < -0.4 is 10.6 Å². The van der Waals surface area contributed by atoms with Crippen LogP contribution in [-0.4, -0.2) is 35.0 Å². The number of nitrogens with zero attached hydrogens (tertiary/aromatic N) is 1. The molecule has 3 rings (SSSR count). The van der Waals surface area contributed by atoms with Crippen LogP contribution in [0.3, 0.4) is 0 Å². The van der Waals surface area contributed by atoms with Crippen molar-refractivity contribution in [1.82, 2.24) is 10.3 Å². The number of hydrogen-bond acceptors (Lipinski definition) is 5. The first kappa shape index (κ1) is 17.3. The van der Waals surface area contributed by atoms with Gasteiger partial charge in [-0.3, -0.25) is 9.78 Å². The van der Waals surface area contributed by atoms with Gasteiger partial charge >= 0.3 is 0 Å². The Hall–Kier alpha value is -1.50. The molecule has 1 aromatic carbocycles. The molecule has 1 amide bonds. The van der Waals surface area contributed by atoms with Gasteiger partial charge in [0.15, 0.2) is 0 Å². The van der Waals surface area contributed by atoms with E-state index in [1.807, 2.05) is 48.3 Å². The van der Waals surface area contributed by atoms with E-state index < -0.39 is 0 Å². The number of rotatable bonds is 6. The molecule has 1 aliphatic rings. The monoisotopic (exact) mass is 359 g/mol. The molecule has 0 radical (unpaired) electrons. The quantitative estimate of drug-likeness (QED) is 0.774. The minimum absolute atomic E-state index is 0.0748. The van der Waals surface area contributed by atoms with Crippen molar-refractivity contribution in [3.63, 3.8) is 0 Å². The molecule has 0 spiro atoms. The maximum atomic E-state index is 12.1. The number of pyridine rings is 1. The van der Waals surface area contributed by atoms with Crippen LogP contribution in [0, 0.1) is 0 Å². The molecular weight excluding hydrogens is 338 g/mol. The maximum absolute atomic E-state index is 12.1. The van der Waals surface area contributed by atoms with Crippen LogP contribution in [0.25, 0.3) is 0 Å². The molecule has 2 aromatic rings. The Morgan fingerprint density at radius 1 is 1.33 bits per heavy atom. The summed E-state index contributed by atoms with van der Waals surface area (Å²) >= 11 is 3.67. The normalized spacial score (nSPS) is 17.4. The number of aromatic nitrogens is 1. The van der Waals surface area contributed by atoms with Gasteiger partial charge in [-0.1, -0.05) is 6.07 Å². The fraction of sp³-hybridized carbons (Fsp3) is 0.333. The molecule has 0 aliphatic carbocycles. The molecular formula is C18H21N3OS2.